The first-order valence-corrected chi connectivity index (χ1v) is 11.8. The van der Waals surface area contributed by atoms with Crippen LogP contribution in [0.1, 0.15) is 61.6 Å². The molecule has 1 unspecified atom stereocenters. The van der Waals surface area contributed by atoms with Crippen molar-refractivity contribution in [3.63, 3.8) is 0 Å². The van der Waals surface area contributed by atoms with Gasteiger partial charge in [0.2, 0.25) is 0 Å². The second-order valence-corrected chi connectivity index (χ2v) is 9.30. The first kappa shape index (κ1) is 21.7. The maximum Gasteiger partial charge on any atom is 0.340 e. The lowest BCUT2D eigenvalue weighted by molar-refractivity contribution is 0.0523. The van der Waals surface area contributed by atoms with Crippen molar-refractivity contribution in [1.29, 1.82) is 0 Å². The molecular weight excluding hydrogens is 446 g/mol. The Hall–Kier alpha value is -1.57. The van der Waals surface area contributed by atoms with E-state index in [4.69, 9.17) is 9.47 Å². The number of halogens is 1. The van der Waals surface area contributed by atoms with E-state index in [9.17, 15) is 4.79 Å². The minimum Gasteiger partial charge on any atom is -0.477 e. The monoisotopic (exact) mass is 477 g/mol. The first-order valence-electron chi connectivity index (χ1n) is 11.0. The topological polar surface area (TPSA) is 46.9 Å². The number of aromatic nitrogens is 1. The van der Waals surface area contributed by atoms with Crippen molar-refractivity contribution in [1.82, 2.24) is 14.4 Å². The Labute approximate surface area is 187 Å². The number of piperidine rings is 1. The summed E-state index contributed by atoms with van der Waals surface area (Å²) in [7, 11) is 2.03. The number of ether oxygens (including phenoxy) is 2. The molecule has 2 aliphatic heterocycles. The van der Waals surface area contributed by atoms with Crippen molar-refractivity contribution >= 4 is 32.8 Å². The Bertz CT molecular complexity index is 955. The molecule has 3 heterocycles. The number of aryl methyl sites for hydroxylation is 1. The van der Waals surface area contributed by atoms with Crippen LogP contribution < -0.4 is 4.74 Å². The van der Waals surface area contributed by atoms with Gasteiger partial charge >= 0.3 is 5.97 Å². The quantitative estimate of drug-likeness (QED) is 0.581. The second-order valence-electron chi connectivity index (χ2n) is 8.45. The fraction of sp³-hybridized carbons (Fsp3) is 0.609. The van der Waals surface area contributed by atoms with Crippen LogP contribution in [0.25, 0.3) is 10.9 Å². The van der Waals surface area contributed by atoms with Gasteiger partial charge in [-0.3, -0.25) is 9.80 Å². The van der Waals surface area contributed by atoms with Crippen molar-refractivity contribution in [3.05, 3.63) is 27.4 Å². The summed E-state index contributed by atoms with van der Waals surface area (Å²) < 4.78 is 14.8. The van der Waals surface area contributed by atoms with Crippen LogP contribution in [0.15, 0.2) is 10.5 Å². The van der Waals surface area contributed by atoms with E-state index in [0.717, 1.165) is 58.6 Å². The van der Waals surface area contributed by atoms with E-state index in [-0.39, 0.29) is 5.97 Å². The molecule has 1 fully saturated rings. The van der Waals surface area contributed by atoms with Gasteiger partial charge in [0.1, 0.15) is 12.5 Å². The average Bonchev–Trinajstić information content (AvgIpc) is 3.03. The molecule has 1 atom stereocenters. The minimum atomic E-state index is -0.230. The third-order valence-corrected chi connectivity index (χ3v) is 7.00. The number of carbonyl (C=O) groups excluding carboxylic acids is 1. The van der Waals surface area contributed by atoms with Gasteiger partial charge in [-0.25, -0.2) is 4.79 Å². The highest BCUT2D eigenvalue weighted by Crippen LogP contribution is 2.42. The zero-order chi connectivity index (χ0) is 21.4. The molecule has 164 valence electrons. The summed E-state index contributed by atoms with van der Waals surface area (Å²) in [6.45, 7) is 10.6. The number of rotatable bonds is 5. The second kappa shape index (κ2) is 8.89. The Morgan fingerprint density at radius 2 is 2.13 bits per heavy atom. The van der Waals surface area contributed by atoms with E-state index >= 15 is 0 Å². The third-order valence-electron chi connectivity index (χ3n) is 6.41. The molecule has 1 saturated heterocycles. The summed E-state index contributed by atoms with van der Waals surface area (Å²) in [5, 5.41) is 0.986. The van der Waals surface area contributed by atoms with Crippen molar-refractivity contribution in [2.24, 2.45) is 0 Å². The van der Waals surface area contributed by atoms with Crippen molar-refractivity contribution in [3.8, 4) is 5.75 Å². The van der Waals surface area contributed by atoms with Crippen LogP contribution in [-0.2, 0) is 24.4 Å². The van der Waals surface area contributed by atoms with Crippen molar-refractivity contribution in [2.75, 3.05) is 26.9 Å². The lowest BCUT2D eigenvalue weighted by Gasteiger charge is -2.33. The molecule has 2 aliphatic rings. The predicted molar refractivity (Wildman–Crippen MR) is 122 cm³/mol. The molecule has 4 rings (SSSR count). The van der Waals surface area contributed by atoms with Crippen molar-refractivity contribution in [2.45, 2.75) is 65.7 Å². The fourth-order valence-electron chi connectivity index (χ4n) is 4.92. The molecule has 0 bridgehead atoms. The van der Waals surface area contributed by atoms with Gasteiger partial charge in [-0.15, -0.1) is 0 Å². The zero-order valence-electron chi connectivity index (χ0n) is 18.5. The lowest BCUT2D eigenvalue weighted by Crippen LogP contribution is -2.37. The highest BCUT2D eigenvalue weighted by atomic mass is 79.9. The Balaban J connectivity index is 1.96. The maximum atomic E-state index is 13.3. The van der Waals surface area contributed by atoms with E-state index in [2.05, 4.69) is 50.2 Å². The molecule has 30 heavy (non-hydrogen) atoms. The van der Waals surface area contributed by atoms with E-state index in [1.54, 1.807) is 0 Å². The number of esters is 1. The number of carbonyl (C=O) groups is 1. The van der Waals surface area contributed by atoms with Gasteiger partial charge in [-0.2, -0.15) is 0 Å². The smallest absolute Gasteiger partial charge is 0.340 e. The van der Waals surface area contributed by atoms with E-state index in [1.165, 1.54) is 19.3 Å². The summed E-state index contributed by atoms with van der Waals surface area (Å²) in [4.78, 5) is 17.9. The van der Waals surface area contributed by atoms with Gasteiger partial charge in [0.25, 0.3) is 0 Å². The van der Waals surface area contributed by atoms with Gasteiger partial charge < -0.3 is 14.0 Å². The predicted octanol–water partition coefficient (Wildman–Crippen LogP) is 4.76. The van der Waals surface area contributed by atoms with E-state index in [1.807, 2.05) is 14.0 Å². The molecule has 1 aromatic heterocycles. The Kier molecular flexibility index (Phi) is 6.42. The molecular formula is C23H32BrN3O3. The molecule has 0 radical (unpaired) electrons. The molecule has 1 aromatic carbocycles. The van der Waals surface area contributed by atoms with E-state index < -0.39 is 0 Å². The fourth-order valence-corrected chi connectivity index (χ4v) is 5.49. The first-order chi connectivity index (χ1) is 14.5. The van der Waals surface area contributed by atoms with Gasteiger partial charge in [-0.1, -0.05) is 6.42 Å². The average molecular weight is 478 g/mol. The molecule has 7 heteroatoms. The molecule has 6 nitrogen and oxygen atoms in total. The van der Waals surface area contributed by atoms with Crippen LogP contribution in [0.3, 0.4) is 0 Å². The molecule has 0 spiro atoms. The zero-order valence-corrected chi connectivity index (χ0v) is 20.0. The van der Waals surface area contributed by atoms with Gasteiger partial charge in [0, 0.05) is 42.3 Å². The molecule has 0 aliphatic carbocycles. The summed E-state index contributed by atoms with van der Waals surface area (Å²) in [6, 6.07) is 2.63. The molecule has 2 aromatic rings. The highest BCUT2D eigenvalue weighted by molar-refractivity contribution is 9.10. The molecule has 0 saturated carbocycles. The lowest BCUT2D eigenvalue weighted by atomic mass is 10.0. The van der Waals surface area contributed by atoms with Crippen LogP contribution in [-0.4, -0.2) is 53.3 Å². The van der Waals surface area contributed by atoms with Crippen LogP contribution >= 0.6 is 15.9 Å². The number of benzene rings is 1. The van der Waals surface area contributed by atoms with Gasteiger partial charge in [0.15, 0.2) is 0 Å². The number of nitrogens with zero attached hydrogens (tertiary/aromatic N) is 3. The van der Waals surface area contributed by atoms with Crippen LogP contribution in [0.5, 0.6) is 5.75 Å². The Morgan fingerprint density at radius 3 is 2.83 bits per heavy atom. The van der Waals surface area contributed by atoms with Gasteiger partial charge in [0.05, 0.1) is 22.2 Å². The van der Waals surface area contributed by atoms with Crippen LogP contribution in [0.2, 0.25) is 0 Å². The number of likely N-dealkylation sites (tertiary alicyclic amines) is 1. The SMILES string of the molecule is CCOC(=O)c1c(CN2CCCCC2C)n(CC)c2cc(Br)c3c(c12)CN(C)CO3. The van der Waals surface area contributed by atoms with Crippen LogP contribution in [0.4, 0.5) is 0 Å². The largest absolute Gasteiger partial charge is 0.477 e. The third kappa shape index (κ3) is 3.76. The standard InChI is InChI=1S/C23H32BrN3O3/c1-5-27-18-11-17(24)22-16(12-25(4)14-30-22)20(18)21(23(28)29-6-2)19(27)13-26-10-8-7-9-15(26)3/h11,15H,5-10,12-14H2,1-4H3. The number of hydrogen-bond donors (Lipinski definition) is 0. The molecule has 0 N–H and O–H groups in total. The number of hydrogen-bond acceptors (Lipinski definition) is 5. The Morgan fingerprint density at radius 1 is 1.33 bits per heavy atom. The van der Waals surface area contributed by atoms with Crippen LogP contribution in [0, 0.1) is 0 Å². The van der Waals surface area contributed by atoms with Gasteiger partial charge in [-0.05, 0) is 69.2 Å². The summed E-state index contributed by atoms with van der Waals surface area (Å²) in [6.07, 6.45) is 3.70. The van der Waals surface area contributed by atoms with Crippen molar-refractivity contribution < 1.29 is 14.3 Å². The summed E-state index contributed by atoms with van der Waals surface area (Å²) >= 11 is 3.71. The summed E-state index contributed by atoms with van der Waals surface area (Å²) in [5.74, 6) is 0.615. The summed E-state index contributed by atoms with van der Waals surface area (Å²) in [5.41, 5.74) is 3.92. The number of fused-ring (bicyclic) bond motifs is 3. The maximum absolute atomic E-state index is 13.3. The van der Waals surface area contributed by atoms with E-state index in [0.29, 0.717) is 24.9 Å². The highest BCUT2D eigenvalue weighted by Gasteiger charge is 2.32. The normalized spacial score (nSPS) is 20.2. The minimum absolute atomic E-state index is 0.230. The molecule has 0 amide bonds.